The number of allylic oxidation sites excluding steroid dienone is 1. The lowest BCUT2D eigenvalue weighted by molar-refractivity contribution is 0.103. The Balaban J connectivity index is 1.73. The molecule has 3 aromatic rings. The normalized spacial score (nSPS) is 11.0. The number of thioether (sulfide) groups is 1. The van der Waals surface area contributed by atoms with Crippen molar-refractivity contribution in [1.82, 2.24) is 9.97 Å². The highest BCUT2D eigenvalue weighted by atomic mass is 32.2. The van der Waals surface area contributed by atoms with Crippen molar-refractivity contribution in [3.63, 3.8) is 0 Å². The average Bonchev–Trinajstić information content (AvgIpc) is 2.73. The lowest BCUT2D eigenvalue weighted by Gasteiger charge is -2.06. The molecular weight excluding hydrogens is 380 g/mol. The quantitative estimate of drug-likeness (QED) is 0.258. The first-order chi connectivity index (χ1) is 14.0. The molecule has 1 heterocycles. The number of benzene rings is 2. The summed E-state index contributed by atoms with van der Waals surface area (Å²) in [4.78, 5) is 22.4. The molecule has 0 aliphatic heterocycles. The monoisotopic (exact) mass is 400 g/mol. The van der Waals surface area contributed by atoms with Gasteiger partial charge < -0.3 is 5.32 Å². The van der Waals surface area contributed by atoms with Crippen molar-refractivity contribution in [2.24, 2.45) is 0 Å². The Morgan fingerprint density at radius 1 is 1.07 bits per heavy atom. The van der Waals surface area contributed by atoms with E-state index in [1.807, 2.05) is 62.4 Å². The van der Waals surface area contributed by atoms with E-state index in [1.54, 1.807) is 17.8 Å². The summed E-state index contributed by atoms with van der Waals surface area (Å²) in [5.74, 6) is 0.762. The zero-order valence-corrected chi connectivity index (χ0v) is 17.0. The molecule has 1 aromatic heterocycles. The van der Waals surface area contributed by atoms with Crippen LogP contribution in [0.5, 0.6) is 0 Å². The first kappa shape index (κ1) is 20.3. The highest BCUT2D eigenvalue weighted by Crippen LogP contribution is 2.23. The third-order valence-corrected chi connectivity index (χ3v) is 5.11. The van der Waals surface area contributed by atoms with Crippen LogP contribution in [-0.2, 0) is 5.75 Å². The van der Waals surface area contributed by atoms with E-state index in [1.165, 1.54) is 11.1 Å². The van der Waals surface area contributed by atoms with Crippen LogP contribution in [0.15, 0.2) is 77.3 Å². The van der Waals surface area contributed by atoms with Crippen LogP contribution < -0.4 is 5.32 Å². The first-order valence-electron chi connectivity index (χ1n) is 9.06. The maximum atomic E-state index is 12.8. The van der Waals surface area contributed by atoms with Crippen molar-refractivity contribution in [3.8, 4) is 6.07 Å². The average molecular weight is 401 g/mol. The molecular formula is C23H20N4OS. The number of nitriles is 1. The summed E-state index contributed by atoms with van der Waals surface area (Å²) in [5, 5.41) is 12.3. The number of rotatable bonds is 7. The van der Waals surface area contributed by atoms with Gasteiger partial charge in [-0.2, -0.15) is 5.26 Å². The van der Waals surface area contributed by atoms with E-state index in [0.29, 0.717) is 11.5 Å². The summed E-state index contributed by atoms with van der Waals surface area (Å²) in [5.41, 5.74) is 3.11. The largest absolute Gasteiger partial charge is 0.329 e. The van der Waals surface area contributed by atoms with Gasteiger partial charge in [0.05, 0.1) is 0 Å². The Morgan fingerprint density at radius 3 is 2.48 bits per heavy atom. The van der Waals surface area contributed by atoms with E-state index in [9.17, 15) is 10.1 Å². The zero-order chi connectivity index (χ0) is 20.6. The van der Waals surface area contributed by atoms with Crippen molar-refractivity contribution >= 4 is 23.5 Å². The van der Waals surface area contributed by atoms with Crippen LogP contribution in [0.4, 0.5) is 5.95 Å². The number of hydrogen-bond donors (Lipinski definition) is 1. The van der Waals surface area contributed by atoms with Crippen LogP contribution in [-0.4, -0.2) is 15.8 Å². The number of anilines is 1. The maximum absolute atomic E-state index is 12.8. The van der Waals surface area contributed by atoms with Crippen LogP contribution in [0.25, 0.3) is 0 Å². The van der Waals surface area contributed by atoms with Gasteiger partial charge in [0, 0.05) is 33.8 Å². The molecule has 0 atom stereocenters. The number of carbonyl (C=O) groups excluding carboxylic acids is 1. The van der Waals surface area contributed by atoms with Crippen LogP contribution >= 0.6 is 11.8 Å². The number of Topliss-reactive ketones (excluding diaryl/α,β-unsaturated/α-hetero) is 1. The molecule has 144 valence electrons. The fourth-order valence-electron chi connectivity index (χ4n) is 2.72. The van der Waals surface area contributed by atoms with Crippen molar-refractivity contribution < 1.29 is 4.79 Å². The number of nitrogens with zero attached hydrogens (tertiary/aromatic N) is 3. The number of aryl methyl sites for hydroxylation is 2. The van der Waals surface area contributed by atoms with Gasteiger partial charge in [-0.25, -0.2) is 9.97 Å². The number of hydrogen-bond acceptors (Lipinski definition) is 6. The molecule has 6 heteroatoms. The zero-order valence-electron chi connectivity index (χ0n) is 16.2. The van der Waals surface area contributed by atoms with E-state index in [4.69, 9.17) is 0 Å². The predicted molar refractivity (Wildman–Crippen MR) is 116 cm³/mol. The van der Waals surface area contributed by atoms with Gasteiger partial charge in [0.25, 0.3) is 0 Å². The molecule has 2 aromatic carbocycles. The van der Waals surface area contributed by atoms with E-state index in [-0.39, 0.29) is 11.4 Å². The third kappa shape index (κ3) is 5.77. The number of aromatic nitrogens is 2. The van der Waals surface area contributed by atoms with E-state index in [2.05, 4.69) is 27.4 Å². The molecule has 29 heavy (non-hydrogen) atoms. The summed E-state index contributed by atoms with van der Waals surface area (Å²) >= 11 is 1.70. The van der Waals surface area contributed by atoms with Crippen molar-refractivity contribution in [2.45, 2.75) is 24.5 Å². The molecule has 1 N–H and O–H groups in total. The Bertz CT molecular complexity index is 1070. The molecule has 0 saturated heterocycles. The smallest absolute Gasteiger partial charge is 0.227 e. The summed E-state index contributed by atoms with van der Waals surface area (Å²) in [7, 11) is 0. The Labute approximate surface area is 174 Å². The fraction of sp³-hybridized carbons (Fsp3) is 0.130. The lowest BCUT2D eigenvalue weighted by Crippen LogP contribution is -2.06. The Kier molecular flexibility index (Phi) is 6.77. The summed E-state index contributed by atoms with van der Waals surface area (Å²) < 4.78 is 0. The van der Waals surface area contributed by atoms with E-state index in [0.717, 1.165) is 22.7 Å². The molecule has 0 amide bonds. The molecule has 0 aliphatic rings. The molecule has 5 nitrogen and oxygen atoms in total. The molecule has 0 radical (unpaired) electrons. The van der Waals surface area contributed by atoms with E-state index < -0.39 is 0 Å². The van der Waals surface area contributed by atoms with Gasteiger partial charge in [0.1, 0.15) is 11.6 Å². The topological polar surface area (TPSA) is 78.7 Å². The van der Waals surface area contributed by atoms with Gasteiger partial charge in [0.2, 0.25) is 11.7 Å². The van der Waals surface area contributed by atoms with Crippen LogP contribution in [0.3, 0.4) is 0 Å². The number of ketones is 1. The fourth-order valence-corrected chi connectivity index (χ4v) is 3.58. The first-order valence-corrected chi connectivity index (χ1v) is 10.0. The second-order valence-electron chi connectivity index (χ2n) is 6.42. The van der Waals surface area contributed by atoms with Gasteiger partial charge in [-0.15, -0.1) is 11.8 Å². The van der Waals surface area contributed by atoms with Gasteiger partial charge in [-0.05, 0) is 43.7 Å². The van der Waals surface area contributed by atoms with E-state index >= 15 is 0 Å². The number of nitrogens with one attached hydrogen (secondary N) is 1. The second kappa shape index (κ2) is 9.67. The third-order valence-electron chi connectivity index (χ3n) is 4.03. The maximum Gasteiger partial charge on any atom is 0.227 e. The minimum absolute atomic E-state index is 0.000576. The van der Waals surface area contributed by atoms with Crippen LogP contribution in [0, 0.1) is 25.2 Å². The van der Waals surface area contributed by atoms with Crippen molar-refractivity contribution in [3.05, 3.63) is 95.0 Å². The van der Waals surface area contributed by atoms with Gasteiger partial charge in [-0.3, -0.25) is 4.79 Å². The molecule has 0 fully saturated rings. The molecule has 0 aliphatic carbocycles. The highest BCUT2D eigenvalue weighted by Gasteiger charge is 2.13. The summed E-state index contributed by atoms with van der Waals surface area (Å²) in [6.45, 7) is 3.72. The minimum Gasteiger partial charge on any atom is -0.329 e. The second-order valence-corrected chi connectivity index (χ2v) is 7.47. The predicted octanol–water partition coefficient (Wildman–Crippen LogP) is 5.09. The van der Waals surface area contributed by atoms with Gasteiger partial charge in [0.15, 0.2) is 0 Å². The molecule has 3 rings (SSSR count). The molecule has 0 unspecified atom stereocenters. The highest BCUT2D eigenvalue weighted by molar-refractivity contribution is 7.98. The summed E-state index contributed by atoms with van der Waals surface area (Å²) in [6, 6.07) is 21.3. The Morgan fingerprint density at radius 2 is 1.79 bits per heavy atom. The molecule has 0 bridgehead atoms. The molecule has 0 spiro atoms. The Hall–Kier alpha value is -3.43. The standard InChI is InChI=1S/C23H20N4OS/c1-16-11-17(2)27-23(26-16)25-14-20(13-24)22(28)19-8-6-7-18(12-19)15-29-21-9-4-3-5-10-21/h3-12,14H,15H2,1-2H3,(H,25,26,27)/b20-14+. The van der Waals surface area contributed by atoms with Crippen LogP contribution in [0.1, 0.15) is 27.3 Å². The van der Waals surface area contributed by atoms with Crippen molar-refractivity contribution in [2.75, 3.05) is 5.32 Å². The summed E-state index contributed by atoms with van der Waals surface area (Å²) in [6.07, 6.45) is 1.36. The number of carbonyl (C=O) groups is 1. The van der Waals surface area contributed by atoms with Gasteiger partial charge in [-0.1, -0.05) is 36.4 Å². The SMILES string of the molecule is Cc1cc(C)nc(N/C=C(\C#N)C(=O)c2cccc(CSc3ccccc3)c2)n1. The minimum atomic E-state index is -0.337. The van der Waals surface area contributed by atoms with Crippen molar-refractivity contribution in [1.29, 1.82) is 5.26 Å². The molecule has 0 saturated carbocycles. The van der Waals surface area contributed by atoms with Gasteiger partial charge >= 0.3 is 0 Å². The van der Waals surface area contributed by atoms with Crippen LogP contribution in [0.2, 0.25) is 0 Å². The lowest BCUT2D eigenvalue weighted by atomic mass is 10.0.